The van der Waals surface area contributed by atoms with Crippen LogP contribution in [-0.2, 0) is 9.47 Å². The van der Waals surface area contributed by atoms with Gasteiger partial charge in [-0.2, -0.15) is 0 Å². The maximum Gasteiger partial charge on any atom is 0.128 e. The zero-order valence-electron chi connectivity index (χ0n) is 13.5. The summed E-state index contributed by atoms with van der Waals surface area (Å²) in [5.74, 6) is 1.43. The van der Waals surface area contributed by atoms with Crippen LogP contribution >= 0.6 is 0 Å². The summed E-state index contributed by atoms with van der Waals surface area (Å²) < 4.78 is 17.2. The second kappa shape index (κ2) is 7.78. The highest BCUT2D eigenvalue weighted by molar-refractivity contribution is 5.36. The van der Waals surface area contributed by atoms with Crippen LogP contribution in [0.25, 0.3) is 0 Å². The van der Waals surface area contributed by atoms with Crippen LogP contribution in [0.15, 0.2) is 24.3 Å². The molecule has 0 aromatic heterocycles. The molecule has 118 valence electrons. The molecule has 21 heavy (non-hydrogen) atoms. The fraction of sp³-hybridized carbons (Fsp3) is 0.647. The van der Waals surface area contributed by atoms with E-state index in [1.54, 1.807) is 7.11 Å². The predicted molar refractivity (Wildman–Crippen MR) is 84.0 cm³/mol. The predicted octanol–water partition coefficient (Wildman–Crippen LogP) is 2.58. The smallest absolute Gasteiger partial charge is 0.128 e. The third kappa shape index (κ3) is 3.96. The largest absolute Gasteiger partial charge is 0.487 e. The summed E-state index contributed by atoms with van der Waals surface area (Å²) in [5, 5.41) is 3.29. The number of hydrogen-bond donors (Lipinski definition) is 1. The maximum absolute atomic E-state index is 6.21. The highest BCUT2D eigenvalue weighted by Gasteiger charge is 2.43. The third-order valence-electron chi connectivity index (χ3n) is 4.04. The minimum Gasteiger partial charge on any atom is -0.487 e. The van der Waals surface area contributed by atoms with Crippen molar-refractivity contribution >= 4 is 0 Å². The molecule has 0 spiro atoms. The lowest BCUT2D eigenvalue weighted by atomic mass is 9.85. The molecule has 3 unspecified atom stereocenters. The molecule has 1 aromatic carbocycles. The molecule has 0 aliphatic heterocycles. The molecule has 4 heteroatoms. The first-order chi connectivity index (χ1) is 10.2. The van der Waals surface area contributed by atoms with Crippen molar-refractivity contribution in [2.24, 2.45) is 0 Å². The Hall–Kier alpha value is -1.10. The number of nitrogens with one attached hydrogen (secondary N) is 1. The van der Waals surface area contributed by atoms with Crippen LogP contribution in [-0.4, -0.2) is 45.6 Å². The lowest BCUT2D eigenvalue weighted by Crippen LogP contribution is -2.60. The monoisotopic (exact) mass is 293 g/mol. The molecule has 0 radical (unpaired) electrons. The Labute approximate surface area is 127 Å². The van der Waals surface area contributed by atoms with Gasteiger partial charge < -0.3 is 19.5 Å². The number of methoxy groups -OCH3 is 1. The first-order valence-corrected chi connectivity index (χ1v) is 7.70. The van der Waals surface area contributed by atoms with Crippen LogP contribution in [0.5, 0.6) is 5.75 Å². The van der Waals surface area contributed by atoms with Crippen molar-refractivity contribution < 1.29 is 14.2 Å². The fourth-order valence-corrected chi connectivity index (χ4v) is 2.70. The molecule has 0 heterocycles. The molecule has 1 aromatic rings. The van der Waals surface area contributed by atoms with E-state index in [1.165, 1.54) is 5.56 Å². The Morgan fingerprint density at radius 1 is 1.24 bits per heavy atom. The van der Waals surface area contributed by atoms with Gasteiger partial charge in [0.15, 0.2) is 0 Å². The van der Waals surface area contributed by atoms with Gasteiger partial charge in [-0.1, -0.05) is 32.0 Å². The fourth-order valence-electron chi connectivity index (χ4n) is 2.70. The SMILES string of the molecule is CNC1CC(Oc2ccccc2C(C)C)C1OCCOC. The Morgan fingerprint density at radius 3 is 2.67 bits per heavy atom. The van der Waals surface area contributed by atoms with E-state index in [0.29, 0.717) is 25.2 Å². The van der Waals surface area contributed by atoms with Gasteiger partial charge in [-0.3, -0.25) is 0 Å². The maximum atomic E-state index is 6.21. The number of ether oxygens (including phenoxy) is 3. The van der Waals surface area contributed by atoms with Crippen LogP contribution in [0.3, 0.4) is 0 Å². The van der Waals surface area contributed by atoms with Crippen LogP contribution < -0.4 is 10.1 Å². The first-order valence-electron chi connectivity index (χ1n) is 7.70. The van der Waals surface area contributed by atoms with E-state index in [1.807, 2.05) is 19.2 Å². The summed E-state index contributed by atoms with van der Waals surface area (Å²) in [7, 11) is 3.65. The molecule has 2 rings (SSSR count). The minimum absolute atomic E-state index is 0.0883. The molecule has 3 atom stereocenters. The minimum atomic E-state index is 0.0883. The standard InChI is InChI=1S/C17H27NO3/c1-12(2)13-7-5-6-8-15(13)21-16-11-14(18-3)17(16)20-10-9-19-4/h5-8,12,14,16-18H,9-11H2,1-4H3. The normalized spacial score (nSPS) is 24.9. The molecule has 0 saturated heterocycles. The summed E-state index contributed by atoms with van der Waals surface area (Å²) in [5.41, 5.74) is 1.25. The van der Waals surface area contributed by atoms with Gasteiger partial charge in [0.05, 0.1) is 13.2 Å². The van der Waals surface area contributed by atoms with Gasteiger partial charge in [0.2, 0.25) is 0 Å². The number of para-hydroxylation sites is 1. The van der Waals surface area contributed by atoms with Crippen LogP contribution in [0.1, 0.15) is 31.7 Å². The molecule has 1 aliphatic rings. The van der Waals surface area contributed by atoms with E-state index < -0.39 is 0 Å². The van der Waals surface area contributed by atoms with Gasteiger partial charge in [-0.25, -0.2) is 0 Å². The second-order valence-corrected chi connectivity index (χ2v) is 5.81. The number of benzene rings is 1. The second-order valence-electron chi connectivity index (χ2n) is 5.81. The molecule has 1 aliphatic carbocycles. The Balaban J connectivity index is 1.98. The van der Waals surface area contributed by atoms with Crippen LogP contribution in [0.2, 0.25) is 0 Å². The zero-order valence-corrected chi connectivity index (χ0v) is 13.5. The number of likely N-dealkylation sites (N-methyl/N-ethyl adjacent to an activating group) is 1. The molecule has 0 amide bonds. The Bertz CT molecular complexity index is 436. The van der Waals surface area contributed by atoms with E-state index in [-0.39, 0.29) is 12.2 Å². The van der Waals surface area contributed by atoms with E-state index in [0.717, 1.165) is 12.2 Å². The molecule has 1 N–H and O–H groups in total. The quantitative estimate of drug-likeness (QED) is 0.748. The van der Waals surface area contributed by atoms with Gasteiger partial charge in [0, 0.05) is 19.6 Å². The zero-order chi connectivity index (χ0) is 15.2. The topological polar surface area (TPSA) is 39.7 Å². The number of hydrogen-bond acceptors (Lipinski definition) is 4. The van der Waals surface area contributed by atoms with Crippen molar-refractivity contribution in [3.63, 3.8) is 0 Å². The first kappa shape index (κ1) is 16.3. The van der Waals surface area contributed by atoms with E-state index in [2.05, 4.69) is 31.3 Å². The van der Waals surface area contributed by atoms with Crippen molar-refractivity contribution in [2.45, 2.75) is 44.4 Å². The average Bonchev–Trinajstić information content (AvgIpc) is 2.47. The molecular weight excluding hydrogens is 266 g/mol. The lowest BCUT2D eigenvalue weighted by molar-refractivity contribution is -0.114. The van der Waals surface area contributed by atoms with Gasteiger partial charge in [-0.15, -0.1) is 0 Å². The molecular formula is C17H27NO3. The molecule has 1 fully saturated rings. The van der Waals surface area contributed by atoms with Gasteiger partial charge in [0.25, 0.3) is 0 Å². The highest BCUT2D eigenvalue weighted by Crippen LogP contribution is 2.33. The van der Waals surface area contributed by atoms with Crippen molar-refractivity contribution in [3.05, 3.63) is 29.8 Å². The van der Waals surface area contributed by atoms with E-state index in [9.17, 15) is 0 Å². The highest BCUT2D eigenvalue weighted by atomic mass is 16.6. The van der Waals surface area contributed by atoms with Crippen molar-refractivity contribution in [2.75, 3.05) is 27.4 Å². The summed E-state index contributed by atoms with van der Waals surface area (Å²) >= 11 is 0. The Morgan fingerprint density at radius 2 is 2.00 bits per heavy atom. The summed E-state index contributed by atoms with van der Waals surface area (Å²) in [6.45, 7) is 5.59. The van der Waals surface area contributed by atoms with Crippen molar-refractivity contribution in [1.82, 2.24) is 5.32 Å². The van der Waals surface area contributed by atoms with Gasteiger partial charge in [0.1, 0.15) is 18.0 Å². The summed E-state index contributed by atoms with van der Waals surface area (Å²) in [6.07, 6.45) is 1.17. The van der Waals surface area contributed by atoms with Gasteiger partial charge >= 0.3 is 0 Å². The average molecular weight is 293 g/mol. The van der Waals surface area contributed by atoms with Crippen LogP contribution in [0, 0.1) is 0 Å². The lowest BCUT2D eigenvalue weighted by Gasteiger charge is -2.44. The molecule has 4 nitrogen and oxygen atoms in total. The summed E-state index contributed by atoms with van der Waals surface area (Å²) in [4.78, 5) is 0. The van der Waals surface area contributed by atoms with E-state index >= 15 is 0 Å². The molecule has 1 saturated carbocycles. The third-order valence-corrected chi connectivity index (χ3v) is 4.04. The summed E-state index contributed by atoms with van der Waals surface area (Å²) in [6, 6.07) is 8.63. The van der Waals surface area contributed by atoms with Crippen molar-refractivity contribution in [3.8, 4) is 5.75 Å². The number of rotatable bonds is 8. The molecule has 0 bridgehead atoms. The van der Waals surface area contributed by atoms with Crippen molar-refractivity contribution in [1.29, 1.82) is 0 Å². The van der Waals surface area contributed by atoms with E-state index in [4.69, 9.17) is 14.2 Å². The van der Waals surface area contributed by atoms with Crippen LogP contribution in [0.4, 0.5) is 0 Å². The Kier molecular flexibility index (Phi) is 6.03. The van der Waals surface area contributed by atoms with Gasteiger partial charge in [-0.05, 0) is 24.6 Å².